The van der Waals surface area contributed by atoms with Crippen LogP contribution in [0.1, 0.15) is 75.3 Å². The number of hydrogen-bond acceptors (Lipinski definition) is 20. The molecule has 5 heterocycles. The van der Waals surface area contributed by atoms with Crippen molar-refractivity contribution in [3.05, 3.63) is 92.6 Å². The normalized spacial score (nSPS) is 11.3. The van der Waals surface area contributed by atoms with E-state index in [9.17, 15) is 55.2 Å². The Bertz CT molecular complexity index is 3080. The third-order valence-electron chi connectivity index (χ3n) is 9.20. The second kappa shape index (κ2) is 16.3. The summed E-state index contributed by atoms with van der Waals surface area (Å²) in [6, 6.07) is 9.48. The number of nitrogens with two attached hydrogens (primary N) is 2. The maximum atomic E-state index is 11.8. The van der Waals surface area contributed by atoms with Gasteiger partial charge in [0, 0.05) is 0 Å². The van der Waals surface area contributed by atoms with Gasteiger partial charge in [-0.05, 0) is 64.1 Å². The number of aromatic nitrogens is 11. The summed E-state index contributed by atoms with van der Waals surface area (Å²) in [4.78, 5) is 59.3. The van der Waals surface area contributed by atoms with E-state index in [1.807, 2.05) is 12.1 Å². The predicted molar refractivity (Wildman–Crippen MR) is 216 cm³/mol. The summed E-state index contributed by atoms with van der Waals surface area (Å²) in [7, 11) is 0. The molecular formula is C37H27N19O9. The fourth-order valence-electron chi connectivity index (χ4n) is 6.15. The molecule has 0 atom stereocenters. The van der Waals surface area contributed by atoms with Crippen LogP contribution < -0.4 is 11.5 Å². The molecule has 65 heavy (non-hydrogen) atoms. The largest absolute Gasteiger partial charge is 0.479 e. The Morgan fingerprint density at radius 3 is 1.15 bits per heavy atom. The van der Waals surface area contributed by atoms with E-state index in [-0.39, 0.29) is 114 Å². The van der Waals surface area contributed by atoms with E-state index >= 15 is 0 Å². The number of aryl methyl sites for hydroxylation is 4. The SMILES string of the molecule is Cc1nn(-c2cc(C(=O)O)cc(C(=O)O)c2)c(N=Nc2c(C)nn(-c3nc(O)nc(-n4nc(C)c(N=Nc5c(C#N)c(C)nn5-c5cc(C(=O)O)cc(C(=O)O)c5)c4N)n3)c2N)c1C#N. The highest BCUT2D eigenvalue weighted by Crippen LogP contribution is 2.35. The number of aromatic carboxylic acids is 4. The first-order valence-electron chi connectivity index (χ1n) is 18.0. The van der Waals surface area contributed by atoms with Gasteiger partial charge >= 0.3 is 29.9 Å². The summed E-state index contributed by atoms with van der Waals surface area (Å²) in [5.41, 5.74) is 11.5. The lowest BCUT2D eigenvalue weighted by Gasteiger charge is -2.07. The Balaban J connectivity index is 1.25. The third-order valence-corrected chi connectivity index (χ3v) is 9.20. The molecule has 0 aliphatic rings. The average molecular weight is 882 g/mol. The van der Waals surface area contributed by atoms with Crippen LogP contribution in [0.3, 0.4) is 0 Å². The van der Waals surface area contributed by atoms with Crippen molar-refractivity contribution in [3.63, 3.8) is 0 Å². The number of carboxylic acids is 4. The van der Waals surface area contributed by atoms with Crippen LogP contribution in [0.5, 0.6) is 6.01 Å². The molecule has 0 amide bonds. The number of azo groups is 2. The second-order valence-electron chi connectivity index (χ2n) is 13.5. The molecule has 0 radical (unpaired) electrons. The fraction of sp³-hybridized carbons (Fsp3) is 0.108. The van der Waals surface area contributed by atoms with Crippen molar-refractivity contribution in [2.45, 2.75) is 27.7 Å². The molecule has 7 rings (SSSR count). The third kappa shape index (κ3) is 7.81. The molecule has 0 unspecified atom stereocenters. The minimum atomic E-state index is -1.42. The van der Waals surface area contributed by atoms with Gasteiger partial charge in [-0.1, -0.05) is 0 Å². The van der Waals surface area contributed by atoms with Crippen molar-refractivity contribution in [2.24, 2.45) is 20.5 Å². The molecule has 0 spiro atoms. The first kappa shape index (κ1) is 42.9. The van der Waals surface area contributed by atoms with Crippen LogP contribution in [0.25, 0.3) is 23.3 Å². The molecule has 0 bridgehead atoms. The quantitative estimate of drug-likeness (QED) is 0.0849. The van der Waals surface area contributed by atoms with Crippen molar-refractivity contribution in [1.29, 1.82) is 10.5 Å². The molecule has 7 aromatic rings. The lowest BCUT2D eigenvalue weighted by molar-refractivity contribution is 0.0676. The Morgan fingerprint density at radius 2 is 0.846 bits per heavy atom. The summed E-state index contributed by atoms with van der Waals surface area (Å²) in [5, 5.41) is 103. The van der Waals surface area contributed by atoms with Crippen LogP contribution in [0, 0.1) is 50.4 Å². The van der Waals surface area contributed by atoms with E-state index in [0.29, 0.717) is 0 Å². The summed E-state index contributed by atoms with van der Waals surface area (Å²) in [5.74, 6) is -7.34. The highest BCUT2D eigenvalue weighted by molar-refractivity contribution is 5.96. The minimum Gasteiger partial charge on any atom is -0.479 e. The minimum absolute atomic E-state index is 0.0554. The fourth-order valence-corrected chi connectivity index (χ4v) is 6.15. The highest BCUT2D eigenvalue weighted by atomic mass is 16.4. The van der Waals surface area contributed by atoms with Crippen molar-refractivity contribution in [3.8, 4) is 41.4 Å². The highest BCUT2D eigenvalue weighted by Gasteiger charge is 2.25. The lowest BCUT2D eigenvalue weighted by Crippen LogP contribution is -2.13. The number of nitriles is 2. The van der Waals surface area contributed by atoms with Gasteiger partial charge < -0.3 is 37.0 Å². The molecule has 5 aromatic heterocycles. The zero-order valence-corrected chi connectivity index (χ0v) is 33.6. The monoisotopic (exact) mass is 881 g/mol. The molecule has 2 aromatic carbocycles. The van der Waals surface area contributed by atoms with Gasteiger partial charge in [0.15, 0.2) is 34.6 Å². The Hall–Kier alpha value is -10.3. The van der Waals surface area contributed by atoms with Crippen molar-refractivity contribution < 1.29 is 44.7 Å². The Kier molecular flexibility index (Phi) is 10.8. The molecular weight excluding hydrogens is 855 g/mol. The molecule has 0 saturated heterocycles. The lowest BCUT2D eigenvalue weighted by atomic mass is 10.1. The van der Waals surface area contributed by atoms with E-state index in [1.54, 1.807) is 0 Å². The van der Waals surface area contributed by atoms with Gasteiger partial charge in [-0.25, -0.2) is 28.5 Å². The van der Waals surface area contributed by atoms with E-state index < -0.39 is 29.9 Å². The number of aromatic hydroxyl groups is 1. The number of carbonyl (C=O) groups is 4. The van der Waals surface area contributed by atoms with Crippen molar-refractivity contribution in [2.75, 3.05) is 11.5 Å². The van der Waals surface area contributed by atoms with Gasteiger partial charge in [-0.2, -0.15) is 55.2 Å². The molecule has 324 valence electrons. The van der Waals surface area contributed by atoms with Gasteiger partial charge in [0.1, 0.15) is 23.3 Å². The molecule has 9 N–H and O–H groups in total. The molecule has 28 heteroatoms. The Labute approximate surface area is 360 Å². The number of nitrogen functional groups attached to an aromatic ring is 2. The zero-order valence-electron chi connectivity index (χ0n) is 33.6. The summed E-state index contributed by atoms with van der Waals surface area (Å²) >= 11 is 0. The van der Waals surface area contributed by atoms with Gasteiger partial charge in [-0.3, -0.25) is 0 Å². The van der Waals surface area contributed by atoms with Crippen LogP contribution in [-0.2, 0) is 0 Å². The standard InChI is InChI=1S/C37H27N19O9/c1-13-23(11-38)29(53(49-13)21-7-17(31(57)58)5-18(8-21)32(59)60)47-45-25-15(3)51-55(27(25)40)35-42-36(44-37(65)43-35)56-28(41)26(16(4)52-56)46-48-30-24(12-39)14(2)50-54(30)22-9-19(33(61)62)6-20(10-22)34(63)64/h5-10H,40-41H2,1-4H3,(H,57,58)(H,59,60)(H,61,62)(H,63,64)(H,42,43,44,65). The second-order valence-corrected chi connectivity index (χ2v) is 13.5. The van der Waals surface area contributed by atoms with Gasteiger partial charge in [-0.15, -0.1) is 20.5 Å². The number of carboxylic acid groups (broad SMARTS) is 4. The number of rotatable bonds is 12. The molecule has 0 saturated carbocycles. The molecule has 0 fully saturated rings. The molecule has 0 aliphatic heterocycles. The van der Waals surface area contributed by atoms with Crippen LogP contribution >= 0.6 is 0 Å². The predicted octanol–water partition coefficient (Wildman–Crippen LogP) is 4.09. The van der Waals surface area contributed by atoms with Gasteiger partial charge in [0.25, 0.3) is 11.9 Å². The number of benzene rings is 2. The van der Waals surface area contributed by atoms with Crippen molar-refractivity contribution >= 4 is 58.5 Å². The maximum Gasteiger partial charge on any atom is 0.335 e. The van der Waals surface area contributed by atoms with Crippen LogP contribution in [0.15, 0.2) is 56.9 Å². The van der Waals surface area contributed by atoms with Crippen LogP contribution in [-0.4, -0.2) is 103 Å². The number of nitrogens with zero attached hydrogens (tertiary/aromatic N) is 17. The Morgan fingerprint density at radius 1 is 0.523 bits per heavy atom. The van der Waals surface area contributed by atoms with Crippen molar-refractivity contribution in [1.82, 2.24) is 54.1 Å². The first-order valence-corrected chi connectivity index (χ1v) is 18.0. The number of hydrogen-bond donors (Lipinski definition) is 7. The van der Waals surface area contributed by atoms with Gasteiger partial charge in [0.2, 0.25) is 0 Å². The summed E-state index contributed by atoms with van der Waals surface area (Å²) in [6.45, 7) is 5.91. The number of anilines is 2. The topological polar surface area (TPSA) is 428 Å². The maximum absolute atomic E-state index is 11.8. The average Bonchev–Trinajstić information content (AvgIpc) is 3.95. The van der Waals surface area contributed by atoms with E-state index in [4.69, 9.17) is 11.5 Å². The van der Waals surface area contributed by atoms with E-state index in [2.05, 4.69) is 55.8 Å². The molecule has 0 aliphatic carbocycles. The van der Waals surface area contributed by atoms with Gasteiger partial charge in [0.05, 0.1) is 56.4 Å². The smallest absolute Gasteiger partial charge is 0.335 e. The van der Waals surface area contributed by atoms with Crippen LogP contribution in [0.2, 0.25) is 0 Å². The zero-order chi connectivity index (χ0) is 47.2. The first-order chi connectivity index (χ1) is 30.8. The van der Waals surface area contributed by atoms with E-state index in [0.717, 1.165) is 55.1 Å². The van der Waals surface area contributed by atoms with E-state index in [1.165, 1.54) is 27.7 Å². The summed E-state index contributed by atoms with van der Waals surface area (Å²) in [6.07, 6.45) is 0. The summed E-state index contributed by atoms with van der Waals surface area (Å²) < 4.78 is 4.02. The van der Waals surface area contributed by atoms with Crippen LogP contribution in [0.4, 0.5) is 34.6 Å². The molecule has 28 nitrogen and oxygen atoms in total.